The topological polar surface area (TPSA) is 127 Å². The van der Waals surface area contributed by atoms with Gasteiger partial charge in [-0.3, -0.25) is 9.59 Å². The second-order valence-corrected chi connectivity index (χ2v) is 14.0. The lowest BCUT2D eigenvalue weighted by atomic mass is 9.96. The van der Waals surface area contributed by atoms with Gasteiger partial charge in [-0.05, 0) is 93.2 Å². The average Bonchev–Trinajstić information content (AvgIpc) is 3.11. The number of ether oxygens (including phenoxy) is 3. The maximum Gasteiger partial charge on any atom is 0.408 e. The van der Waals surface area contributed by atoms with Crippen molar-refractivity contribution in [1.29, 1.82) is 0 Å². The minimum absolute atomic E-state index is 0.0352. The highest BCUT2D eigenvalue weighted by molar-refractivity contribution is 6.31. The molecule has 2 aliphatic rings. The molecule has 0 bridgehead atoms. The summed E-state index contributed by atoms with van der Waals surface area (Å²) < 4.78 is 71.5. The molecule has 2 atom stereocenters. The molecule has 0 fully saturated rings. The van der Waals surface area contributed by atoms with E-state index in [9.17, 15) is 31.9 Å². The summed E-state index contributed by atoms with van der Waals surface area (Å²) >= 11 is 17.1. The quantitative estimate of drug-likeness (QED) is 0.113. The summed E-state index contributed by atoms with van der Waals surface area (Å²) in [6.45, 7) is 5.61. The fraction of sp³-hybridized carbons (Fsp3) is 0.270. The highest BCUT2D eigenvalue weighted by Gasteiger charge is 2.32. The Morgan fingerprint density at radius 3 is 1.54 bits per heavy atom. The predicted molar refractivity (Wildman–Crippen MR) is 196 cm³/mol. The molecule has 54 heavy (non-hydrogen) atoms. The van der Waals surface area contributed by atoms with Crippen LogP contribution >= 0.6 is 35.0 Å². The fourth-order valence-corrected chi connectivity index (χ4v) is 6.14. The van der Waals surface area contributed by atoms with Crippen LogP contribution in [0.1, 0.15) is 77.5 Å². The van der Waals surface area contributed by atoms with Crippen LogP contribution in [0.25, 0.3) is 0 Å². The zero-order valence-electron chi connectivity index (χ0n) is 28.9. The molecule has 0 radical (unpaired) electrons. The number of carbonyl (C=O) groups is 3. The van der Waals surface area contributed by atoms with Crippen molar-refractivity contribution >= 4 is 64.3 Å². The van der Waals surface area contributed by atoms with Gasteiger partial charge in [0.25, 0.3) is 11.8 Å². The fourth-order valence-electron chi connectivity index (χ4n) is 5.56. The summed E-state index contributed by atoms with van der Waals surface area (Å²) in [5.41, 5.74) is 0.370. The summed E-state index contributed by atoms with van der Waals surface area (Å²) in [5.74, 6) is -3.27. The van der Waals surface area contributed by atoms with E-state index >= 15 is 0 Å². The van der Waals surface area contributed by atoms with Gasteiger partial charge in [-0.15, -0.1) is 0 Å². The molecule has 0 saturated carbocycles. The first kappa shape index (κ1) is 40.4. The highest BCUT2D eigenvalue weighted by Crippen LogP contribution is 2.39. The predicted octanol–water partition coefficient (Wildman–Crippen LogP) is 9.66. The van der Waals surface area contributed by atoms with Gasteiger partial charge in [0.15, 0.2) is 0 Å². The molecule has 4 N–H and O–H groups in total. The van der Waals surface area contributed by atoms with Crippen LogP contribution in [0.3, 0.4) is 0 Å². The zero-order valence-corrected chi connectivity index (χ0v) is 31.1. The van der Waals surface area contributed by atoms with Crippen molar-refractivity contribution < 1.29 is 46.2 Å². The molecule has 286 valence electrons. The summed E-state index contributed by atoms with van der Waals surface area (Å²) in [4.78, 5) is 39.9. The van der Waals surface area contributed by atoms with Gasteiger partial charge in [0.1, 0.15) is 40.4 Å². The lowest BCUT2D eigenvalue weighted by Gasteiger charge is -2.29. The Labute approximate surface area is 322 Å². The molecule has 3 amide bonds. The molecule has 0 aliphatic carbocycles. The van der Waals surface area contributed by atoms with Crippen molar-refractivity contribution in [2.24, 2.45) is 0 Å². The first-order chi connectivity index (χ1) is 25.6. The van der Waals surface area contributed by atoms with E-state index in [-0.39, 0.29) is 56.1 Å². The Balaban J connectivity index is 0.000000213. The van der Waals surface area contributed by atoms with Crippen molar-refractivity contribution in [2.45, 2.75) is 51.3 Å². The molecule has 0 saturated heterocycles. The molecule has 4 aromatic carbocycles. The molecule has 0 aromatic heterocycles. The maximum absolute atomic E-state index is 14.6. The van der Waals surface area contributed by atoms with Gasteiger partial charge in [-0.1, -0.05) is 23.2 Å². The van der Waals surface area contributed by atoms with Crippen molar-refractivity contribution in [2.75, 3.05) is 23.8 Å². The first-order valence-corrected chi connectivity index (χ1v) is 17.5. The number of carbonyl (C=O) groups excluding carboxylic acids is 3. The summed E-state index contributed by atoms with van der Waals surface area (Å²) in [7, 11) is 0. The third-order valence-electron chi connectivity index (χ3n) is 7.96. The lowest BCUT2D eigenvalue weighted by molar-refractivity contribution is 0.0489. The standard InChI is InChI=1S/C21H21ClF2N2O4.C16H12Cl2F2N2O2/c1-21(2,3)30-20(28)26-16-8-9-29-18-12(5-7-15(24)17(16)18)19(27)25-11-4-6-14(23)13(22)10-11;17-10-7-8(1-3-11(10)19)21-16(23)9-2-4-12(20)14-13(22-18)5-6-24-15(9)14/h4-7,10,16H,8-9H2,1-3H3,(H,25,27)(H,26,28);1-4,7,13,22H,5-6H2,(H,21,23)/t16-;13-/m00/s1. The summed E-state index contributed by atoms with van der Waals surface area (Å²) in [6, 6.07) is 11.3. The Kier molecular flexibility index (Phi) is 12.8. The number of fused-ring (bicyclic) bond motifs is 2. The number of hydrogen-bond acceptors (Lipinski definition) is 7. The van der Waals surface area contributed by atoms with Gasteiger partial charge in [-0.2, -0.15) is 0 Å². The van der Waals surface area contributed by atoms with Crippen molar-refractivity contribution in [3.05, 3.63) is 116 Å². The molecule has 0 unspecified atom stereocenters. The number of alkyl carbamates (subject to hydrolysis) is 1. The Bertz CT molecular complexity index is 2080. The van der Waals surface area contributed by atoms with E-state index in [0.717, 1.165) is 18.2 Å². The van der Waals surface area contributed by atoms with Crippen LogP contribution in [-0.2, 0) is 4.74 Å². The van der Waals surface area contributed by atoms with E-state index in [2.05, 4.69) is 20.8 Å². The smallest absolute Gasteiger partial charge is 0.408 e. The zero-order chi connectivity index (χ0) is 39.3. The van der Waals surface area contributed by atoms with Crippen LogP contribution in [0.5, 0.6) is 11.5 Å². The van der Waals surface area contributed by atoms with Crippen molar-refractivity contribution in [3.8, 4) is 11.5 Å². The van der Waals surface area contributed by atoms with Gasteiger partial charge in [0.05, 0.1) is 52.0 Å². The monoisotopic (exact) mass is 810 g/mol. The third kappa shape index (κ3) is 9.66. The molecule has 4 aromatic rings. The Hall–Kier alpha value is -4.76. The van der Waals surface area contributed by atoms with E-state index in [4.69, 9.17) is 49.2 Å². The van der Waals surface area contributed by atoms with Crippen molar-refractivity contribution in [3.63, 3.8) is 0 Å². The summed E-state index contributed by atoms with van der Waals surface area (Å²) in [6.07, 6.45) is 0.0870. The van der Waals surface area contributed by atoms with E-state index < -0.39 is 58.9 Å². The molecule has 17 heteroatoms. The maximum atomic E-state index is 14.6. The van der Waals surface area contributed by atoms with E-state index in [1.807, 2.05) is 0 Å². The number of rotatable bonds is 6. The van der Waals surface area contributed by atoms with E-state index in [1.54, 1.807) is 20.8 Å². The van der Waals surface area contributed by atoms with Gasteiger partial charge in [0, 0.05) is 29.8 Å². The van der Waals surface area contributed by atoms with Gasteiger partial charge in [0.2, 0.25) is 0 Å². The molecule has 2 heterocycles. The highest BCUT2D eigenvalue weighted by atomic mass is 35.5. The number of hydrogen-bond donors (Lipinski definition) is 4. The number of amides is 3. The number of nitrogens with one attached hydrogen (secondary N) is 4. The Morgan fingerprint density at radius 2 is 1.11 bits per heavy atom. The SMILES string of the molecule is CC(C)(C)OC(=O)N[C@H]1CCOc2c(C(=O)Nc3ccc(F)c(Cl)c3)ccc(F)c21.O=C(Nc1ccc(F)c(Cl)c1)c1ccc(F)c2c1OCC[C@@H]2NCl. The van der Waals surface area contributed by atoms with Gasteiger partial charge in [-0.25, -0.2) is 27.2 Å². The minimum atomic E-state index is -0.725. The normalized spacial score (nSPS) is 15.9. The molecule has 2 aliphatic heterocycles. The minimum Gasteiger partial charge on any atom is -0.492 e. The van der Waals surface area contributed by atoms with Crippen LogP contribution in [0.2, 0.25) is 10.0 Å². The molecule has 10 nitrogen and oxygen atoms in total. The van der Waals surface area contributed by atoms with Crippen LogP contribution < -0.4 is 30.3 Å². The summed E-state index contributed by atoms with van der Waals surface area (Å²) in [5, 5.41) is 7.53. The number of halogens is 7. The van der Waals surface area contributed by atoms with Gasteiger partial charge < -0.3 is 30.2 Å². The molecular weight excluding hydrogens is 779 g/mol. The number of anilines is 2. The third-order valence-corrected chi connectivity index (χ3v) is 8.80. The van der Waals surface area contributed by atoms with Crippen LogP contribution in [0, 0.1) is 23.3 Å². The van der Waals surface area contributed by atoms with Crippen LogP contribution in [0.4, 0.5) is 33.7 Å². The molecule has 6 rings (SSSR count). The average molecular weight is 812 g/mol. The van der Waals surface area contributed by atoms with Crippen molar-refractivity contribution in [1.82, 2.24) is 10.2 Å². The number of benzene rings is 4. The molecule has 0 spiro atoms. The van der Waals surface area contributed by atoms with Crippen LogP contribution in [-0.4, -0.2) is 36.7 Å². The second kappa shape index (κ2) is 17.1. The van der Waals surface area contributed by atoms with Gasteiger partial charge >= 0.3 is 6.09 Å². The molecular formula is C37H33Cl3F4N4O6. The Morgan fingerprint density at radius 1 is 0.685 bits per heavy atom. The lowest BCUT2D eigenvalue weighted by Crippen LogP contribution is -2.37. The van der Waals surface area contributed by atoms with Crippen LogP contribution in [0.15, 0.2) is 60.7 Å². The first-order valence-electron chi connectivity index (χ1n) is 16.3. The second-order valence-electron chi connectivity index (χ2n) is 13.0. The van der Waals surface area contributed by atoms with E-state index in [1.165, 1.54) is 42.5 Å². The largest absolute Gasteiger partial charge is 0.492 e. The van der Waals surface area contributed by atoms with E-state index in [0.29, 0.717) is 25.1 Å².